The number of phenols is 1. The number of aromatic hydroxyl groups is 1. The van der Waals surface area contributed by atoms with Crippen molar-refractivity contribution in [1.29, 1.82) is 0 Å². The number of benzene rings is 6. The summed E-state index contributed by atoms with van der Waals surface area (Å²) in [7, 11) is 0. The summed E-state index contributed by atoms with van der Waals surface area (Å²) in [6.07, 6.45) is 0. The molecular formula is C35H23N3O8. The fourth-order valence-electron chi connectivity index (χ4n) is 5.36. The number of carbonyl (C=O) groups is 2. The molecule has 11 nitrogen and oxygen atoms in total. The summed E-state index contributed by atoms with van der Waals surface area (Å²) in [6.45, 7) is 0. The van der Waals surface area contributed by atoms with Crippen molar-refractivity contribution in [3.63, 3.8) is 0 Å². The summed E-state index contributed by atoms with van der Waals surface area (Å²) in [5.41, 5.74) is -0.476. The molecule has 46 heavy (non-hydrogen) atoms. The highest BCUT2D eigenvalue weighted by Crippen LogP contribution is 2.45. The Morgan fingerprint density at radius 2 is 1.22 bits per heavy atom. The van der Waals surface area contributed by atoms with Crippen LogP contribution in [0.3, 0.4) is 0 Å². The van der Waals surface area contributed by atoms with Gasteiger partial charge in [0, 0.05) is 23.3 Å². The van der Waals surface area contributed by atoms with E-state index in [1.807, 2.05) is 48.5 Å². The van der Waals surface area contributed by atoms with Gasteiger partial charge in [0.2, 0.25) is 0 Å². The first-order valence-electron chi connectivity index (χ1n) is 14.0. The van der Waals surface area contributed by atoms with E-state index in [4.69, 9.17) is 4.74 Å². The van der Waals surface area contributed by atoms with Crippen LogP contribution in [-0.4, -0.2) is 26.8 Å². The first-order chi connectivity index (χ1) is 22.2. The molecule has 2 N–H and O–H groups in total. The molecule has 1 atom stereocenters. The summed E-state index contributed by atoms with van der Waals surface area (Å²) in [5.74, 6) is -1.80. The van der Waals surface area contributed by atoms with Gasteiger partial charge in [-0.2, -0.15) is 0 Å². The van der Waals surface area contributed by atoms with Crippen LogP contribution in [0, 0.1) is 20.2 Å². The molecule has 11 heteroatoms. The Morgan fingerprint density at radius 1 is 0.674 bits per heavy atom. The average molecular weight is 614 g/mol. The van der Waals surface area contributed by atoms with Crippen molar-refractivity contribution >= 4 is 44.8 Å². The zero-order valence-electron chi connectivity index (χ0n) is 23.8. The smallest absolute Gasteiger partial charge is 0.338 e. The van der Waals surface area contributed by atoms with Crippen molar-refractivity contribution in [2.45, 2.75) is 6.04 Å². The molecule has 226 valence electrons. The number of rotatable bonds is 8. The molecule has 0 aromatic heterocycles. The maximum atomic E-state index is 14.0. The number of ether oxygens (including phenoxy) is 1. The number of nitro groups is 2. The predicted octanol–water partition coefficient (Wildman–Crippen LogP) is 7.26. The number of amides is 1. The molecule has 0 fully saturated rings. The van der Waals surface area contributed by atoms with Crippen molar-refractivity contribution in [3.05, 3.63) is 153 Å². The lowest BCUT2D eigenvalue weighted by Crippen LogP contribution is -2.36. The lowest BCUT2D eigenvalue weighted by Gasteiger charge is -2.21. The van der Waals surface area contributed by atoms with E-state index in [2.05, 4.69) is 5.32 Å². The molecule has 0 bridgehead atoms. The van der Waals surface area contributed by atoms with E-state index >= 15 is 0 Å². The third-order valence-electron chi connectivity index (χ3n) is 7.49. The molecule has 0 aliphatic carbocycles. The van der Waals surface area contributed by atoms with Crippen LogP contribution in [0.5, 0.6) is 11.5 Å². The molecule has 0 aliphatic rings. The second-order valence-electron chi connectivity index (χ2n) is 10.3. The van der Waals surface area contributed by atoms with Crippen LogP contribution >= 0.6 is 0 Å². The second kappa shape index (κ2) is 12.2. The molecule has 0 heterocycles. The van der Waals surface area contributed by atoms with Gasteiger partial charge in [-0.3, -0.25) is 25.0 Å². The van der Waals surface area contributed by atoms with Gasteiger partial charge in [-0.25, -0.2) is 4.79 Å². The normalized spacial score (nSPS) is 11.6. The monoisotopic (exact) mass is 613 g/mol. The Balaban J connectivity index is 1.44. The number of phenolic OH excluding ortho intramolecular Hbond substituents is 1. The highest BCUT2D eigenvalue weighted by Gasteiger charge is 2.29. The summed E-state index contributed by atoms with van der Waals surface area (Å²) in [4.78, 5) is 48.5. The van der Waals surface area contributed by atoms with E-state index in [1.165, 1.54) is 0 Å². The van der Waals surface area contributed by atoms with Gasteiger partial charge < -0.3 is 15.2 Å². The molecule has 1 unspecified atom stereocenters. The maximum Gasteiger partial charge on any atom is 0.338 e. The molecular weight excluding hydrogens is 590 g/mol. The van der Waals surface area contributed by atoms with Crippen LogP contribution in [0.15, 0.2) is 121 Å². The molecule has 0 saturated carbocycles. The number of non-ortho nitro benzene ring substituents is 2. The number of hydrogen-bond acceptors (Lipinski definition) is 8. The predicted molar refractivity (Wildman–Crippen MR) is 171 cm³/mol. The summed E-state index contributed by atoms with van der Waals surface area (Å²) < 4.78 is 6.01. The molecule has 6 rings (SSSR count). The van der Waals surface area contributed by atoms with Gasteiger partial charge in [0.25, 0.3) is 17.3 Å². The minimum absolute atomic E-state index is 0.0347. The Kier molecular flexibility index (Phi) is 7.79. The highest BCUT2D eigenvalue weighted by molar-refractivity contribution is 6.10. The number of nitro benzene ring substituents is 2. The third kappa shape index (κ3) is 5.67. The SMILES string of the molecule is O=C(NC(C(=O)Oc1ccc2ccccc2c1-c1c(O)ccc2ccccc12)c1ccccc1)c1cc([N+](=O)[O-])cc([N+](=O)[O-])c1. The Labute approximate surface area is 260 Å². The number of nitrogens with zero attached hydrogens (tertiary/aromatic N) is 2. The number of fused-ring (bicyclic) bond motifs is 2. The third-order valence-corrected chi connectivity index (χ3v) is 7.49. The zero-order chi connectivity index (χ0) is 32.4. The summed E-state index contributed by atoms with van der Waals surface area (Å²) in [5, 5.41) is 39.6. The first-order valence-corrected chi connectivity index (χ1v) is 14.0. The number of hydrogen-bond donors (Lipinski definition) is 2. The summed E-state index contributed by atoms with van der Waals surface area (Å²) >= 11 is 0. The minimum atomic E-state index is -1.42. The molecule has 0 spiro atoms. The Bertz CT molecular complexity index is 2150. The van der Waals surface area contributed by atoms with Crippen LogP contribution in [0.4, 0.5) is 11.4 Å². The fraction of sp³-hybridized carbons (Fsp3) is 0.0286. The van der Waals surface area contributed by atoms with Crippen LogP contribution in [0.2, 0.25) is 0 Å². The molecule has 6 aromatic carbocycles. The zero-order valence-corrected chi connectivity index (χ0v) is 23.8. The fourth-order valence-corrected chi connectivity index (χ4v) is 5.36. The van der Waals surface area contributed by atoms with Gasteiger partial charge in [-0.1, -0.05) is 91.0 Å². The largest absolute Gasteiger partial charge is 0.507 e. The average Bonchev–Trinajstić information content (AvgIpc) is 3.07. The van der Waals surface area contributed by atoms with Gasteiger partial charge in [-0.15, -0.1) is 0 Å². The van der Waals surface area contributed by atoms with Crippen molar-refractivity contribution in [1.82, 2.24) is 5.32 Å². The van der Waals surface area contributed by atoms with Crippen molar-refractivity contribution in [2.75, 3.05) is 0 Å². The van der Waals surface area contributed by atoms with Crippen molar-refractivity contribution in [3.8, 4) is 22.6 Å². The number of esters is 1. The molecule has 0 radical (unpaired) electrons. The van der Waals surface area contributed by atoms with Crippen LogP contribution in [-0.2, 0) is 4.79 Å². The van der Waals surface area contributed by atoms with Crippen LogP contribution in [0.1, 0.15) is 22.0 Å². The van der Waals surface area contributed by atoms with Crippen molar-refractivity contribution in [2.24, 2.45) is 0 Å². The van der Waals surface area contributed by atoms with E-state index < -0.39 is 39.1 Å². The molecule has 0 aliphatic heterocycles. The summed E-state index contributed by atoms with van der Waals surface area (Å²) in [6, 6.07) is 30.9. The van der Waals surface area contributed by atoms with E-state index in [9.17, 15) is 34.9 Å². The Hall–Kier alpha value is -6.62. The topological polar surface area (TPSA) is 162 Å². The van der Waals surface area contributed by atoms with E-state index in [-0.39, 0.29) is 17.1 Å². The van der Waals surface area contributed by atoms with Gasteiger partial charge in [0.15, 0.2) is 6.04 Å². The van der Waals surface area contributed by atoms with Crippen LogP contribution in [0.25, 0.3) is 32.7 Å². The number of carbonyl (C=O) groups excluding carboxylic acids is 2. The molecule has 0 saturated heterocycles. The standard InChI is InChI=1S/C35H23N3O8/c39-29-16-14-21-8-4-6-12-27(21)31(29)32-28-13-7-5-9-22(28)15-17-30(32)46-35(41)33(23-10-2-1-3-11-23)36-34(40)24-18-25(37(42)43)20-26(19-24)38(44)45/h1-20,33,39H,(H,36,40). The first kappa shape index (κ1) is 29.5. The maximum absolute atomic E-state index is 14.0. The van der Waals surface area contributed by atoms with Gasteiger partial charge in [0.05, 0.1) is 21.5 Å². The minimum Gasteiger partial charge on any atom is -0.507 e. The lowest BCUT2D eigenvalue weighted by molar-refractivity contribution is -0.394. The quantitative estimate of drug-likeness (QED) is 0.0784. The highest BCUT2D eigenvalue weighted by atomic mass is 16.6. The van der Waals surface area contributed by atoms with Gasteiger partial charge in [-0.05, 0) is 39.2 Å². The van der Waals surface area contributed by atoms with Gasteiger partial charge >= 0.3 is 5.97 Å². The van der Waals surface area contributed by atoms with E-state index in [0.717, 1.165) is 34.4 Å². The van der Waals surface area contributed by atoms with Gasteiger partial charge in [0.1, 0.15) is 11.5 Å². The molecule has 1 amide bonds. The van der Waals surface area contributed by atoms with E-state index in [1.54, 1.807) is 54.6 Å². The van der Waals surface area contributed by atoms with Crippen molar-refractivity contribution < 1.29 is 29.3 Å². The van der Waals surface area contributed by atoms with E-state index in [0.29, 0.717) is 22.1 Å². The van der Waals surface area contributed by atoms with Crippen LogP contribution < -0.4 is 10.1 Å². The molecule has 6 aromatic rings. The second-order valence-corrected chi connectivity index (χ2v) is 10.3. The Morgan fingerprint density at radius 3 is 1.83 bits per heavy atom. The number of nitrogens with one attached hydrogen (secondary N) is 1. The lowest BCUT2D eigenvalue weighted by atomic mass is 9.92.